The molecule has 2 amide bonds. The van der Waals surface area contributed by atoms with Crippen molar-refractivity contribution in [3.63, 3.8) is 0 Å². The summed E-state index contributed by atoms with van der Waals surface area (Å²) in [6.45, 7) is 0. The lowest BCUT2D eigenvalue weighted by Crippen LogP contribution is -2.35. The summed E-state index contributed by atoms with van der Waals surface area (Å²) in [7, 11) is 3.13. The molecule has 1 aliphatic rings. The molecule has 0 saturated heterocycles. The zero-order valence-electron chi connectivity index (χ0n) is 16.0. The number of methoxy groups -OCH3 is 2. The number of rotatable bonds is 5. The number of fused-ring (bicyclic) bond motifs is 1. The van der Waals surface area contributed by atoms with Gasteiger partial charge >= 0.3 is 0 Å². The van der Waals surface area contributed by atoms with E-state index >= 15 is 0 Å². The van der Waals surface area contributed by atoms with Crippen LogP contribution < -0.4 is 20.1 Å². The third-order valence-electron chi connectivity index (χ3n) is 4.70. The molecule has 0 radical (unpaired) electrons. The molecule has 148 valence electrons. The van der Waals surface area contributed by atoms with Crippen LogP contribution in [0.5, 0.6) is 11.5 Å². The fourth-order valence-corrected chi connectivity index (χ4v) is 3.27. The average molecular weight is 392 g/mol. The minimum Gasteiger partial charge on any atom is -0.493 e. The molecule has 0 saturated carbocycles. The summed E-state index contributed by atoms with van der Waals surface area (Å²) in [6, 6.07) is 15.5. The molecule has 4 rings (SSSR count). The van der Waals surface area contributed by atoms with E-state index in [-0.39, 0.29) is 18.2 Å². The minimum atomic E-state index is -0.743. The van der Waals surface area contributed by atoms with Crippen LogP contribution in [0.2, 0.25) is 0 Å². The van der Waals surface area contributed by atoms with Gasteiger partial charge in [0.2, 0.25) is 11.8 Å². The van der Waals surface area contributed by atoms with E-state index in [2.05, 4.69) is 15.7 Å². The molecule has 0 fully saturated rings. The van der Waals surface area contributed by atoms with Gasteiger partial charge in [-0.2, -0.15) is 5.10 Å². The maximum Gasteiger partial charge on any atom is 0.249 e. The van der Waals surface area contributed by atoms with Gasteiger partial charge in [-0.3, -0.25) is 9.59 Å². The van der Waals surface area contributed by atoms with E-state index in [4.69, 9.17) is 9.47 Å². The van der Waals surface area contributed by atoms with Gasteiger partial charge in [0, 0.05) is 17.3 Å². The Balaban J connectivity index is 1.66. The van der Waals surface area contributed by atoms with Crippen molar-refractivity contribution in [1.29, 1.82) is 0 Å². The number of anilines is 2. The largest absolute Gasteiger partial charge is 0.493 e. The highest BCUT2D eigenvalue weighted by Crippen LogP contribution is 2.34. The van der Waals surface area contributed by atoms with Crippen LogP contribution in [-0.2, 0) is 9.59 Å². The monoisotopic (exact) mass is 392 g/mol. The van der Waals surface area contributed by atoms with Crippen LogP contribution >= 0.6 is 0 Å². The lowest BCUT2D eigenvalue weighted by molar-refractivity contribution is -0.125. The summed E-state index contributed by atoms with van der Waals surface area (Å²) >= 11 is 0. The molecule has 1 atom stereocenters. The lowest BCUT2D eigenvalue weighted by atomic mass is 10.1. The van der Waals surface area contributed by atoms with Gasteiger partial charge < -0.3 is 20.1 Å². The number of hydrogen-bond acceptors (Lipinski definition) is 5. The van der Waals surface area contributed by atoms with Crippen LogP contribution in [0.1, 0.15) is 12.5 Å². The summed E-state index contributed by atoms with van der Waals surface area (Å²) in [6.07, 6.45) is 0.0126. The third kappa shape index (κ3) is 3.64. The molecule has 2 heterocycles. The maximum absolute atomic E-state index is 12.8. The molecule has 0 bridgehead atoms. The Bertz CT molecular complexity index is 1060. The number of benzene rings is 2. The van der Waals surface area contributed by atoms with Crippen molar-refractivity contribution >= 4 is 23.3 Å². The average Bonchev–Trinajstić information content (AvgIpc) is 3.17. The Morgan fingerprint density at radius 1 is 1.10 bits per heavy atom. The molecule has 1 aromatic heterocycles. The van der Waals surface area contributed by atoms with Crippen LogP contribution in [0.3, 0.4) is 0 Å². The lowest BCUT2D eigenvalue weighted by Gasteiger charge is -2.23. The SMILES string of the molecule is COc1ccc(-c2cc3n(n2)[C@H](C(=O)Nc2ccccc2)CC(=O)N3)cc1OC. The van der Waals surface area contributed by atoms with Crippen molar-refractivity contribution in [2.75, 3.05) is 24.9 Å². The zero-order valence-corrected chi connectivity index (χ0v) is 16.0. The number of carbonyl (C=O) groups excluding carboxylic acids is 2. The highest BCUT2D eigenvalue weighted by atomic mass is 16.5. The fourth-order valence-electron chi connectivity index (χ4n) is 3.27. The molecule has 0 spiro atoms. The predicted octanol–water partition coefficient (Wildman–Crippen LogP) is 3.09. The summed E-state index contributed by atoms with van der Waals surface area (Å²) in [5.74, 6) is 1.12. The molecule has 0 unspecified atom stereocenters. The fraction of sp³-hybridized carbons (Fsp3) is 0.190. The molecule has 3 aromatic rings. The van der Waals surface area contributed by atoms with Gasteiger partial charge in [0.15, 0.2) is 11.5 Å². The number of nitrogens with one attached hydrogen (secondary N) is 2. The Kier molecular flexibility index (Phi) is 4.90. The quantitative estimate of drug-likeness (QED) is 0.696. The summed E-state index contributed by atoms with van der Waals surface area (Å²) in [4.78, 5) is 25.0. The van der Waals surface area contributed by atoms with Gasteiger partial charge in [0.25, 0.3) is 0 Å². The van der Waals surface area contributed by atoms with Crippen molar-refractivity contribution in [1.82, 2.24) is 9.78 Å². The number of hydrogen-bond donors (Lipinski definition) is 2. The summed E-state index contributed by atoms with van der Waals surface area (Å²) in [5, 5.41) is 10.2. The normalized spacial score (nSPS) is 15.2. The number of carbonyl (C=O) groups is 2. The van der Waals surface area contributed by atoms with E-state index in [1.165, 1.54) is 0 Å². The van der Waals surface area contributed by atoms with Crippen LogP contribution in [0.15, 0.2) is 54.6 Å². The van der Waals surface area contributed by atoms with Gasteiger partial charge in [-0.25, -0.2) is 4.68 Å². The standard InChI is InChI=1S/C21H20N4O4/c1-28-17-9-8-13(10-18(17)29-2)15-11-19-23-20(26)12-16(25(19)24-15)21(27)22-14-6-4-3-5-7-14/h3-11,16H,12H2,1-2H3,(H,22,27)(H,23,26)/t16-/m0/s1. The van der Waals surface area contributed by atoms with Gasteiger partial charge in [-0.1, -0.05) is 18.2 Å². The van der Waals surface area contributed by atoms with E-state index in [9.17, 15) is 9.59 Å². The second-order valence-corrected chi connectivity index (χ2v) is 6.55. The van der Waals surface area contributed by atoms with E-state index in [0.717, 1.165) is 5.56 Å². The number of nitrogens with zero attached hydrogens (tertiary/aromatic N) is 2. The minimum absolute atomic E-state index is 0.0126. The molecular weight excluding hydrogens is 372 g/mol. The highest BCUT2D eigenvalue weighted by molar-refractivity contribution is 6.01. The first-order chi connectivity index (χ1) is 14.1. The van der Waals surface area contributed by atoms with Crippen molar-refractivity contribution < 1.29 is 19.1 Å². The molecule has 2 N–H and O–H groups in total. The van der Waals surface area contributed by atoms with Crippen LogP contribution in [0.25, 0.3) is 11.3 Å². The van der Waals surface area contributed by atoms with Crippen molar-refractivity contribution in [3.8, 4) is 22.8 Å². The van der Waals surface area contributed by atoms with Crippen LogP contribution in [-0.4, -0.2) is 35.8 Å². The van der Waals surface area contributed by atoms with Gasteiger partial charge in [0.05, 0.1) is 26.3 Å². The highest BCUT2D eigenvalue weighted by Gasteiger charge is 2.32. The topological polar surface area (TPSA) is 94.5 Å². The summed E-state index contributed by atoms with van der Waals surface area (Å²) in [5.41, 5.74) is 2.05. The first-order valence-electron chi connectivity index (χ1n) is 9.06. The summed E-state index contributed by atoms with van der Waals surface area (Å²) < 4.78 is 12.2. The third-order valence-corrected chi connectivity index (χ3v) is 4.70. The molecule has 1 aliphatic heterocycles. The van der Waals surface area contributed by atoms with E-state index in [0.29, 0.717) is 28.7 Å². The predicted molar refractivity (Wildman–Crippen MR) is 108 cm³/mol. The van der Waals surface area contributed by atoms with Gasteiger partial charge in [-0.15, -0.1) is 0 Å². The number of aromatic nitrogens is 2. The van der Waals surface area contributed by atoms with E-state index < -0.39 is 6.04 Å². The zero-order chi connectivity index (χ0) is 20.4. The Morgan fingerprint density at radius 3 is 2.59 bits per heavy atom. The second-order valence-electron chi connectivity index (χ2n) is 6.55. The Hall–Kier alpha value is -3.81. The van der Waals surface area contributed by atoms with Crippen molar-refractivity contribution in [3.05, 3.63) is 54.6 Å². The smallest absolute Gasteiger partial charge is 0.249 e. The van der Waals surface area contributed by atoms with Crippen LogP contribution in [0, 0.1) is 0 Å². The van der Waals surface area contributed by atoms with Gasteiger partial charge in [-0.05, 0) is 30.3 Å². The first kappa shape index (κ1) is 18.5. The number of para-hydroxylation sites is 1. The molecule has 2 aromatic carbocycles. The van der Waals surface area contributed by atoms with Gasteiger partial charge in [0.1, 0.15) is 11.9 Å². The molecule has 8 nitrogen and oxygen atoms in total. The maximum atomic E-state index is 12.8. The van der Waals surface area contributed by atoms with Crippen molar-refractivity contribution in [2.24, 2.45) is 0 Å². The molecule has 29 heavy (non-hydrogen) atoms. The molecule has 0 aliphatic carbocycles. The Morgan fingerprint density at radius 2 is 1.86 bits per heavy atom. The number of ether oxygens (including phenoxy) is 2. The first-order valence-corrected chi connectivity index (χ1v) is 9.06. The van der Waals surface area contributed by atoms with Crippen molar-refractivity contribution in [2.45, 2.75) is 12.5 Å². The second kappa shape index (κ2) is 7.67. The van der Waals surface area contributed by atoms with E-state index in [1.807, 2.05) is 24.3 Å². The number of amides is 2. The Labute approximate surface area is 167 Å². The molecule has 8 heteroatoms. The van der Waals surface area contributed by atoms with Crippen LogP contribution in [0.4, 0.5) is 11.5 Å². The molecular formula is C21H20N4O4. The van der Waals surface area contributed by atoms with E-state index in [1.54, 1.807) is 49.2 Å².